The molecule has 13 aliphatic carbocycles. The van der Waals surface area contributed by atoms with Crippen LogP contribution >= 0.6 is 0 Å². The molecule has 8 unspecified atom stereocenters. The Bertz CT molecular complexity index is 806. The molecule has 0 aromatic carbocycles. The second kappa shape index (κ2) is 3.60. The molecule has 4 heteroatoms. The van der Waals surface area contributed by atoms with Crippen molar-refractivity contribution >= 4 is 11.9 Å². The van der Waals surface area contributed by atoms with E-state index in [1.54, 1.807) is 0 Å². The normalized spacial score (nSPS) is 74.4. The van der Waals surface area contributed by atoms with E-state index in [4.69, 9.17) is 0 Å². The zero-order valence-electron chi connectivity index (χ0n) is 16.1. The average Bonchev–Trinajstić information content (AvgIpc) is 2.65. The van der Waals surface area contributed by atoms with Gasteiger partial charge in [-0.25, -0.2) is 0 Å². The van der Waals surface area contributed by atoms with Gasteiger partial charge in [-0.3, -0.25) is 9.59 Å². The van der Waals surface area contributed by atoms with E-state index >= 15 is 0 Å². The third-order valence-electron chi connectivity index (χ3n) is 13.5. The van der Waals surface area contributed by atoms with Gasteiger partial charge in [0.2, 0.25) is 0 Å². The molecule has 0 amide bonds. The molecule has 8 atom stereocenters. The zero-order valence-corrected chi connectivity index (χ0v) is 16.1. The molecule has 2 spiro atoms. The lowest BCUT2D eigenvalue weighted by molar-refractivity contribution is -0.443. The summed E-state index contributed by atoms with van der Waals surface area (Å²) in [7, 11) is 0. The van der Waals surface area contributed by atoms with Crippen molar-refractivity contribution < 1.29 is 19.8 Å². The maximum Gasteiger partial charge on any atom is 0.309 e. The van der Waals surface area contributed by atoms with Crippen molar-refractivity contribution in [3.8, 4) is 0 Å². The number of carboxylic acid groups (broad SMARTS) is 2. The predicted molar refractivity (Wildman–Crippen MR) is 96.8 cm³/mol. The maximum absolute atomic E-state index is 12.5. The number of hydrogen-bond donors (Lipinski definition) is 2. The topological polar surface area (TPSA) is 74.6 Å². The van der Waals surface area contributed by atoms with Gasteiger partial charge < -0.3 is 10.2 Å². The summed E-state index contributed by atoms with van der Waals surface area (Å²) in [6.45, 7) is 0. The molecule has 13 saturated carbocycles. The van der Waals surface area contributed by atoms with Gasteiger partial charge in [0.05, 0.1) is 10.8 Å². The van der Waals surface area contributed by atoms with Crippen LogP contribution in [0.3, 0.4) is 0 Å². The minimum absolute atomic E-state index is 0.332. The molecule has 0 heterocycles. The number of rotatable bonds is 2. The van der Waals surface area contributed by atoms with Crippen molar-refractivity contribution in [3.05, 3.63) is 0 Å². The molecule has 0 aromatic heterocycles. The highest BCUT2D eigenvalue weighted by Gasteiger charge is 2.90. The molecule has 0 aliphatic heterocycles. The molecule has 0 saturated heterocycles. The molecule has 0 aromatic rings. The zero-order chi connectivity index (χ0) is 18.6. The highest BCUT2D eigenvalue weighted by molar-refractivity contribution is 5.77. The average molecular weight is 380 g/mol. The van der Waals surface area contributed by atoms with E-state index in [1.165, 1.54) is 12.8 Å². The third-order valence-corrected chi connectivity index (χ3v) is 13.5. The molecule has 13 aliphatic rings. The van der Waals surface area contributed by atoms with Crippen LogP contribution in [0.5, 0.6) is 0 Å². The van der Waals surface area contributed by atoms with Crippen LogP contribution in [0.15, 0.2) is 0 Å². The van der Waals surface area contributed by atoms with E-state index in [2.05, 4.69) is 0 Å². The van der Waals surface area contributed by atoms with E-state index in [-0.39, 0.29) is 0 Å². The standard InChI is InChI=1S/C24H28O4/c25-19(26)21-1-11-9-5-24-8-22(20(27)28)3-13-10-6-23(7-21,15(11)16(13)24)17(12(9)2-21)18(24)14(10)4-22/h9-18H,1-8H2,(H,25,26)(H,27,28). The SMILES string of the molecule is O=C(O)C12CC3C4CC56CC7(C(=O)O)CC8C9CC(C1)(C3C85)C(C4C2)C6C9C7. The summed E-state index contributed by atoms with van der Waals surface area (Å²) >= 11 is 0. The second-order valence-electron chi connectivity index (χ2n) is 13.3. The molecular weight excluding hydrogens is 352 g/mol. The minimum atomic E-state index is -0.488. The van der Waals surface area contributed by atoms with Crippen molar-refractivity contribution in [1.82, 2.24) is 0 Å². The number of hydrogen-bond acceptors (Lipinski definition) is 2. The number of aliphatic carboxylic acids is 2. The van der Waals surface area contributed by atoms with Crippen LogP contribution in [0.2, 0.25) is 0 Å². The fraction of sp³-hybridized carbons (Fsp3) is 0.917. The van der Waals surface area contributed by atoms with Gasteiger partial charge in [0.25, 0.3) is 0 Å². The summed E-state index contributed by atoms with van der Waals surface area (Å²) in [5.41, 5.74) is -0.153. The molecule has 14 bridgehead atoms. The fourth-order valence-corrected chi connectivity index (χ4v) is 14.1. The van der Waals surface area contributed by atoms with Gasteiger partial charge >= 0.3 is 11.9 Å². The predicted octanol–water partition coefficient (Wildman–Crippen LogP) is 3.51. The van der Waals surface area contributed by atoms with E-state index in [0.717, 1.165) is 74.0 Å². The summed E-state index contributed by atoms with van der Waals surface area (Å²) in [6.07, 6.45) is 8.29. The highest BCUT2D eigenvalue weighted by atomic mass is 16.4. The van der Waals surface area contributed by atoms with Crippen LogP contribution in [0.25, 0.3) is 0 Å². The summed E-state index contributed by atoms with van der Waals surface area (Å²) in [5.74, 6) is 6.08. The van der Waals surface area contributed by atoms with Gasteiger partial charge in [-0.1, -0.05) is 0 Å². The maximum atomic E-state index is 12.5. The van der Waals surface area contributed by atoms with Gasteiger partial charge in [0.15, 0.2) is 0 Å². The van der Waals surface area contributed by atoms with Crippen molar-refractivity contribution in [1.29, 1.82) is 0 Å². The lowest BCUT2D eigenvalue weighted by atomic mass is 9.12. The Morgan fingerprint density at radius 2 is 0.857 bits per heavy atom. The largest absolute Gasteiger partial charge is 0.481 e. The third kappa shape index (κ3) is 1.05. The van der Waals surface area contributed by atoms with Gasteiger partial charge in [-0.05, 0) is 121 Å². The molecule has 2 N–H and O–H groups in total. The smallest absolute Gasteiger partial charge is 0.309 e. The molecule has 13 fully saturated rings. The lowest BCUT2D eigenvalue weighted by Gasteiger charge is -2.92. The monoisotopic (exact) mass is 380 g/mol. The minimum Gasteiger partial charge on any atom is -0.481 e. The first-order chi connectivity index (χ1) is 13.4. The quantitative estimate of drug-likeness (QED) is 0.769. The van der Waals surface area contributed by atoms with Gasteiger partial charge in [0, 0.05) is 0 Å². The number of carbonyl (C=O) groups is 2. The fourth-order valence-electron chi connectivity index (χ4n) is 14.1. The Hall–Kier alpha value is -1.06. The first-order valence-corrected chi connectivity index (χ1v) is 11.8. The van der Waals surface area contributed by atoms with E-state index in [0.29, 0.717) is 34.5 Å². The van der Waals surface area contributed by atoms with E-state index in [1.807, 2.05) is 0 Å². The molecule has 0 radical (unpaired) electrons. The van der Waals surface area contributed by atoms with Crippen molar-refractivity contribution in [2.24, 2.45) is 80.8 Å². The summed E-state index contributed by atoms with van der Waals surface area (Å²) < 4.78 is 0. The molecular formula is C24H28O4. The van der Waals surface area contributed by atoms with Crippen LogP contribution in [0.1, 0.15) is 51.4 Å². The van der Waals surface area contributed by atoms with Gasteiger partial charge in [-0.2, -0.15) is 0 Å². The first-order valence-electron chi connectivity index (χ1n) is 11.8. The van der Waals surface area contributed by atoms with Crippen LogP contribution in [-0.2, 0) is 9.59 Å². The van der Waals surface area contributed by atoms with Crippen LogP contribution in [0, 0.1) is 80.8 Å². The number of carboxylic acids is 2. The summed E-state index contributed by atoms with van der Waals surface area (Å²) in [5, 5.41) is 20.5. The van der Waals surface area contributed by atoms with E-state index in [9.17, 15) is 19.8 Å². The Morgan fingerprint density at radius 1 is 0.536 bits per heavy atom. The lowest BCUT2D eigenvalue weighted by Crippen LogP contribution is -2.88. The van der Waals surface area contributed by atoms with Crippen molar-refractivity contribution in [2.45, 2.75) is 51.4 Å². The van der Waals surface area contributed by atoms with Gasteiger partial charge in [0.1, 0.15) is 0 Å². The second-order valence-corrected chi connectivity index (χ2v) is 13.3. The Labute approximate surface area is 164 Å². The molecule has 28 heavy (non-hydrogen) atoms. The van der Waals surface area contributed by atoms with Crippen LogP contribution in [0.4, 0.5) is 0 Å². The molecule has 4 nitrogen and oxygen atoms in total. The van der Waals surface area contributed by atoms with Crippen LogP contribution in [-0.4, -0.2) is 22.2 Å². The summed E-state index contributed by atoms with van der Waals surface area (Å²) in [6, 6.07) is 0. The molecule has 148 valence electrons. The van der Waals surface area contributed by atoms with Crippen LogP contribution < -0.4 is 0 Å². The Morgan fingerprint density at radius 3 is 1.14 bits per heavy atom. The van der Waals surface area contributed by atoms with Gasteiger partial charge in [-0.15, -0.1) is 0 Å². The molecule has 13 rings (SSSR count). The summed E-state index contributed by atoms with van der Waals surface area (Å²) in [4.78, 5) is 24.9. The van der Waals surface area contributed by atoms with Crippen molar-refractivity contribution in [3.63, 3.8) is 0 Å². The highest BCUT2D eigenvalue weighted by Crippen LogP contribution is 2.94. The van der Waals surface area contributed by atoms with Crippen molar-refractivity contribution in [2.75, 3.05) is 0 Å². The van der Waals surface area contributed by atoms with E-state index < -0.39 is 22.8 Å². The Kier molecular flexibility index (Phi) is 1.91. The first kappa shape index (κ1) is 14.8. The Balaban J connectivity index is 1.32.